The fourth-order valence-electron chi connectivity index (χ4n) is 1.19. The van der Waals surface area contributed by atoms with Gasteiger partial charge in [-0.05, 0) is 25.1 Å². The van der Waals surface area contributed by atoms with Gasteiger partial charge in [0.05, 0.1) is 22.5 Å². The lowest BCUT2D eigenvalue weighted by Crippen LogP contribution is -2.21. The Labute approximate surface area is 114 Å². The van der Waals surface area contributed by atoms with Crippen molar-refractivity contribution in [3.05, 3.63) is 18.2 Å². The van der Waals surface area contributed by atoms with Gasteiger partial charge in [0.1, 0.15) is 5.75 Å². The molecule has 0 spiro atoms. The second-order valence-corrected chi connectivity index (χ2v) is 6.45. The maximum Gasteiger partial charge on any atom is 0.238 e. The smallest absolute Gasteiger partial charge is 0.238 e. The third-order valence-electron chi connectivity index (χ3n) is 2.12. The number of nitrogens with two attached hydrogens (primary N) is 1. The number of sulfonamides is 1. The van der Waals surface area contributed by atoms with Crippen LogP contribution in [0.2, 0.25) is 0 Å². The molecule has 0 radical (unpaired) electrons. The summed E-state index contributed by atoms with van der Waals surface area (Å²) in [5.74, 6) is 0.0313. The lowest BCUT2D eigenvalue weighted by molar-refractivity contribution is -0.115. The highest BCUT2D eigenvalue weighted by Gasteiger charge is 2.15. The van der Waals surface area contributed by atoms with E-state index in [-0.39, 0.29) is 16.5 Å². The monoisotopic (exact) mass is 336 g/mol. The fourth-order valence-corrected chi connectivity index (χ4v) is 1.85. The van der Waals surface area contributed by atoms with Gasteiger partial charge in [0.2, 0.25) is 15.9 Å². The van der Waals surface area contributed by atoms with Crippen molar-refractivity contribution in [3.8, 4) is 5.75 Å². The molecule has 0 bridgehead atoms. The van der Waals surface area contributed by atoms with E-state index in [0.717, 1.165) is 0 Å². The van der Waals surface area contributed by atoms with Gasteiger partial charge in [0.25, 0.3) is 0 Å². The van der Waals surface area contributed by atoms with Crippen LogP contribution in [0.15, 0.2) is 23.1 Å². The Morgan fingerprint density at radius 1 is 1.50 bits per heavy atom. The fraction of sp³-hybridized carbons (Fsp3) is 0.300. The van der Waals surface area contributed by atoms with E-state index >= 15 is 0 Å². The van der Waals surface area contributed by atoms with Crippen molar-refractivity contribution in [1.82, 2.24) is 0 Å². The number of halogens is 1. The van der Waals surface area contributed by atoms with E-state index in [2.05, 4.69) is 21.2 Å². The molecule has 8 heteroatoms. The summed E-state index contributed by atoms with van der Waals surface area (Å²) in [4.78, 5) is 11.0. The molecule has 0 aliphatic heterocycles. The normalized spacial score (nSPS) is 12.9. The van der Waals surface area contributed by atoms with Crippen LogP contribution in [0.1, 0.15) is 6.92 Å². The van der Waals surface area contributed by atoms with Crippen molar-refractivity contribution in [3.63, 3.8) is 0 Å². The quantitative estimate of drug-likeness (QED) is 0.803. The summed E-state index contributed by atoms with van der Waals surface area (Å²) in [6.07, 6.45) is 0. The molecule has 1 rings (SSSR count). The van der Waals surface area contributed by atoms with Gasteiger partial charge in [-0.1, -0.05) is 15.9 Å². The predicted octanol–water partition coefficient (Wildman–Crippen LogP) is 1.06. The van der Waals surface area contributed by atoms with Gasteiger partial charge in [-0.2, -0.15) is 0 Å². The highest BCUT2D eigenvalue weighted by atomic mass is 79.9. The zero-order valence-electron chi connectivity index (χ0n) is 9.81. The maximum absolute atomic E-state index is 11.5. The number of ether oxygens (including phenoxy) is 1. The van der Waals surface area contributed by atoms with Crippen LogP contribution in [0.25, 0.3) is 0 Å². The van der Waals surface area contributed by atoms with E-state index in [4.69, 9.17) is 9.88 Å². The summed E-state index contributed by atoms with van der Waals surface area (Å²) in [6.45, 7) is 1.64. The first-order valence-corrected chi connectivity index (χ1v) is 7.37. The van der Waals surface area contributed by atoms with Crippen LogP contribution in [0.3, 0.4) is 0 Å². The number of amides is 1. The third-order valence-corrected chi connectivity index (χ3v) is 3.45. The molecule has 0 fully saturated rings. The Hall–Kier alpha value is -1.12. The van der Waals surface area contributed by atoms with Crippen LogP contribution in [0.4, 0.5) is 5.69 Å². The number of hydrogen-bond donors (Lipinski definition) is 2. The van der Waals surface area contributed by atoms with Gasteiger partial charge >= 0.3 is 0 Å². The number of hydrogen-bond acceptors (Lipinski definition) is 4. The van der Waals surface area contributed by atoms with Crippen LogP contribution >= 0.6 is 15.9 Å². The molecule has 3 N–H and O–H groups in total. The van der Waals surface area contributed by atoms with Crippen LogP contribution < -0.4 is 15.2 Å². The zero-order valence-corrected chi connectivity index (χ0v) is 12.2. The first-order chi connectivity index (χ1) is 8.25. The summed E-state index contributed by atoms with van der Waals surface area (Å²) in [5, 5.41) is 7.56. The molecule has 0 saturated heterocycles. The highest BCUT2D eigenvalue weighted by molar-refractivity contribution is 9.10. The molecular weight excluding hydrogens is 324 g/mol. The summed E-state index contributed by atoms with van der Waals surface area (Å²) in [5.41, 5.74) is 0.250. The minimum Gasteiger partial charge on any atom is -0.495 e. The third kappa shape index (κ3) is 3.69. The number of methoxy groups -OCH3 is 1. The van der Waals surface area contributed by atoms with Crippen molar-refractivity contribution < 1.29 is 17.9 Å². The summed E-state index contributed by atoms with van der Waals surface area (Å²) >= 11 is 3.11. The van der Waals surface area contributed by atoms with E-state index in [9.17, 15) is 13.2 Å². The second-order valence-electron chi connectivity index (χ2n) is 3.51. The van der Waals surface area contributed by atoms with Crippen molar-refractivity contribution in [2.75, 3.05) is 12.4 Å². The van der Waals surface area contributed by atoms with Crippen molar-refractivity contribution in [2.24, 2.45) is 5.14 Å². The Kier molecular flexibility index (Phi) is 4.71. The predicted molar refractivity (Wildman–Crippen MR) is 71.4 cm³/mol. The second kappa shape index (κ2) is 5.68. The Morgan fingerprint density at radius 3 is 2.56 bits per heavy atom. The number of carbonyl (C=O) groups excluding carboxylic acids is 1. The SMILES string of the molecule is COc1ccc(S(N)(=O)=O)cc1NC(=O)C(C)Br. The molecule has 100 valence electrons. The van der Waals surface area contributed by atoms with Crippen LogP contribution in [0, 0.1) is 0 Å². The van der Waals surface area contributed by atoms with Gasteiger partial charge in [0.15, 0.2) is 0 Å². The molecule has 1 aromatic carbocycles. The summed E-state index contributed by atoms with van der Waals surface area (Å²) in [6, 6.07) is 3.98. The van der Waals surface area contributed by atoms with Gasteiger partial charge in [0, 0.05) is 0 Å². The van der Waals surface area contributed by atoms with Crippen LogP contribution in [-0.4, -0.2) is 26.3 Å². The topological polar surface area (TPSA) is 98.5 Å². The minimum absolute atomic E-state index is 0.0965. The molecule has 0 aromatic heterocycles. The van der Waals surface area contributed by atoms with E-state index in [1.807, 2.05) is 0 Å². The standard InChI is InChI=1S/C10H13BrN2O4S/c1-6(11)10(14)13-8-5-7(18(12,15)16)3-4-9(8)17-2/h3-6H,1-2H3,(H,13,14)(H2,12,15,16). The number of benzene rings is 1. The molecule has 6 nitrogen and oxygen atoms in total. The number of rotatable bonds is 4. The average Bonchev–Trinajstić information content (AvgIpc) is 2.27. The van der Waals surface area contributed by atoms with Crippen LogP contribution in [0.5, 0.6) is 5.75 Å². The first kappa shape index (κ1) is 14.9. The molecular formula is C10H13BrN2O4S. The van der Waals surface area contributed by atoms with Gasteiger partial charge < -0.3 is 10.1 Å². The average molecular weight is 337 g/mol. The number of primary sulfonamides is 1. The Morgan fingerprint density at radius 2 is 2.11 bits per heavy atom. The summed E-state index contributed by atoms with van der Waals surface area (Å²) < 4.78 is 27.5. The molecule has 0 aliphatic rings. The lowest BCUT2D eigenvalue weighted by atomic mass is 10.3. The van der Waals surface area contributed by atoms with Crippen molar-refractivity contribution >= 4 is 37.5 Å². The van der Waals surface area contributed by atoms with Gasteiger partial charge in [-0.15, -0.1) is 0 Å². The molecule has 1 aromatic rings. The highest BCUT2D eigenvalue weighted by Crippen LogP contribution is 2.27. The molecule has 1 amide bonds. The van der Waals surface area contributed by atoms with Gasteiger partial charge in [-0.25, -0.2) is 13.6 Å². The maximum atomic E-state index is 11.5. The number of anilines is 1. The van der Waals surface area contributed by atoms with Crippen molar-refractivity contribution in [2.45, 2.75) is 16.6 Å². The zero-order chi connectivity index (χ0) is 13.9. The van der Waals surface area contributed by atoms with Crippen LogP contribution in [-0.2, 0) is 14.8 Å². The Bertz CT molecular complexity index is 557. The molecule has 1 atom stereocenters. The number of nitrogens with one attached hydrogen (secondary N) is 1. The largest absolute Gasteiger partial charge is 0.495 e. The Balaban J connectivity index is 3.19. The van der Waals surface area contributed by atoms with E-state index in [1.165, 1.54) is 25.3 Å². The van der Waals surface area contributed by atoms with E-state index in [1.54, 1.807) is 6.92 Å². The molecule has 1 unspecified atom stereocenters. The lowest BCUT2D eigenvalue weighted by Gasteiger charge is -2.12. The molecule has 0 heterocycles. The minimum atomic E-state index is -3.82. The molecule has 0 saturated carbocycles. The van der Waals surface area contributed by atoms with E-state index in [0.29, 0.717) is 5.75 Å². The van der Waals surface area contributed by atoms with Gasteiger partial charge in [-0.3, -0.25) is 4.79 Å². The first-order valence-electron chi connectivity index (χ1n) is 4.91. The van der Waals surface area contributed by atoms with Crippen molar-refractivity contribution in [1.29, 1.82) is 0 Å². The molecule has 0 aliphatic carbocycles. The number of carbonyl (C=O) groups is 1. The number of alkyl halides is 1. The molecule has 18 heavy (non-hydrogen) atoms. The van der Waals surface area contributed by atoms with E-state index < -0.39 is 14.9 Å². The summed E-state index contributed by atoms with van der Waals surface area (Å²) in [7, 11) is -2.41.